The lowest BCUT2D eigenvalue weighted by atomic mass is 9.90. The molecule has 1 aromatic rings. The van der Waals surface area contributed by atoms with Gasteiger partial charge in [0.1, 0.15) is 6.61 Å². The number of nitrogens with two attached hydrogens (primary N) is 1. The number of ether oxygens (including phenoxy) is 1. The molecule has 0 amide bonds. The standard InChI is InChI=1S/C15H23F2NO3S/c1-11(9-14(2,3)22(18,19)20)12-6-5-7-13(8-12)15(16,17)10-21-4/h5-8,11H,9-10H2,1-4H3,(H2,18,19,20)/t11-/m1/s1. The van der Waals surface area contributed by atoms with Crippen LogP contribution in [0.2, 0.25) is 0 Å². The molecule has 0 aliphatic rings. The molecule has 4 nitrogen and oxygen atoms in total. The normalized spacial score (nSPS) is 14.9. The minimum atomic E-state index is -3.72. The van der Waals surface area contributed by atoms with Crippen molar-refractivity contribution in [3.63, 3.8) is 0 Å². The molecule has 0 fully saturated rings. The van der Waals surface area contributed by atoms with Gasteiger partial charge in [-0.25, -0.2) is 13.6 Å². The van der Waals surface area contributed by atoms with Crippen LogP contribution in [0.25, 0.3) is 0 Å². The van der Waals surface area contributed by atoms with Crippen LogP contribution in [-0.4, -0.2) is 26.9 Å². The van der Waals surface area contributed by atoms with Gasteiger partial charge in [0.15, 0.2) is 0 Å². The van der Waals surface area contributed by atoms with E-state index in [0.717, 1.165) is 0 Å². The number of alkyl halides is 2. The molecule has 0 unspecified atom stereocenters. The molecule has 22 heavy (non-hydrogen) atoms. The molecule has 0 aliphatic heterocycles. The van der Waals surface area contributed by atoms with Crippen LogP contribution in [0.1, 0.15) is 44.2 Å². The Hall–Kier alpha value is -1.05. The molecule has 7 heteroatoms. The van der Waals surface area contributed by atoms with Crippen molar-refractivity contribution in [3.05, 3.63) is 35.4 Å². The van der Waals surface area contributed by atoms with E-state index in [1.807, 2.05) is 0 Å². The Morgan fingerprint density at radius 2 is 1.91 bits per heavy atom. The van der Waals surface area contributed by atoms with E-state index < -0.39 is 27.3 Å². The van der Waals surface area contributed by atoms with Gasteiger partial charge in [-0.1, -0.05) is 25.1 Å². The van der Waals surface area contributed by atoms with Crippen molar-refractivity contribution in [1.82, 2.24) is 0 Å². The average Bonchev–Trinajstić information content (AvgIpc) is 2.37. The lowest BCUT2D eigenvalue weighted by Gasteiger charge is -2.26. The highest BCUT2D eigenvalue weighted by Crippen LogP contribution is 2.33. The van der Waals surface area contributed by atoms with Crippen LogP contribution < -0.4 is 5.14 Å². The predicted molar refractivity (Wildman–Crippen MR) is 82.4 cm³/mol. The van der Waals surface area contributed by atoms with Gasteiger partial charge >= 0.3 is 0 Å². The number of sulfonamides is 1. The summed E-state index contributed by atoms with van der Waals surface area (Å²) in [6.07, 6.45) is 0.241. The quantitative estimate of drug-likeness (QED) is 0.833. The fourth-order valence-corrected chi connectivity index (χ4v) is 2.79. The molecule has 2 N–H and O–H groups in total. The van der Waals surface area contributed by atoms with E-state index in [2.05, 4.69) is 4.74 Å². The highest BCUT2D eigenvalue weighted by Gasteiger charge is 2.35. The Morgan fingerprint density at radius 1 is 1.32 bits per heavy atom. The first-order valence-corrected chi connectivity index (χ1v) is 8.45. The van der Waals surface area contributed by atoms with Gasteiger partial charge in [0.2, 0.25) is 10.0 Å². The molecule has 0 spiro atoms. The summed E-state index contributed by atoms with van der Waals surface area (Å²) in [6, 6.07) is 5.97. The zero-order valence-corrected chi connectivity index (χ0v) is 14.1. The number of benzene rings is 1. The van der Waals surface area contributed by atoms with Gasteiger partial charge in [0.25, 0.3) is 5.92 Å². The zero-order chi connectivity index (χ0) is 17.2. The third kappa shape index (κ3) is 4.47. The van der Waals surface area contributed by atoms with Gasteiger partial charge in [0.05, 0.1) is 4.75 Å². The zero-order valence-electron chi connectivity index (χ0n) is 13.3. The SMILES string of the molecule is COCC(F)(F)c1cccc([C@H](C)CC(C)(C)S(N)(=O)=O)c1. The van der Waals surface area contributed by atoms with E-state index in [-0.39, 0.29) is 17.9 Å². The average molecular weight is 335 g/mol. The fourth-order valence-electron chi connectivity index (χ4n) is 2.31. The Labute approximate surface area is 130 Å². The van der Waals surface area contributed by atoms with Crippen molar-refractivity contribution in [2.75, 3.05) is 13.7 Å². The highest BCUT2D eigenvalue weighted by atomic mass is 32.2. The van der Waals surface area contributed by atoms with Gasteiger partial charge in [-0.2, -0.15) is 8.78 Å². The van der Waals surface area contributed by atoms with Crippen LogP contribution in [0.3, 0.4) is 0 Å². The largest absolute Gasteiger partial charge is 0.378 e. The molecule has 1 aromatic carbocycles. The number of halogens is 2. The maximum Gasteiger partial charge on any atom is 0.296 e. The number of primary sulfonamides is 1. The predicted octanol–water partition coefficient (Wildman–Crippen LogP) is 2.99. The summed E-state index contributed by atoms with van der Waals surface area (Å²) >= 11 is 0. The fraction of sp³-hybridized carbons (Fsp3) is 0.600. The number of hydrogen-bond acceptors (Lipinski definition) is 3. The topological polar surface area (TPSA) is 69.4 Å². The van der Waals surface area contributed by atoms with Gasteiger partial charge in [0, 0.05) is 12.7 Å². The first kappa shape index (κ1) is 19.0. The number of hydrogen-bond donors (Lipinski definition) is 1. The maximum atomic E-state index is 13.9. The van der Waals surface area contributed by atoms with Gasteiger partial charge in [-0.15, -0.1) is 0 Å². The van der Waals surface area contributed by atoms with E-state index in [1.54, 1.807) is 13.0 Å². The van der Waals surface area contributed by atoms with E-state index in [1.165, 1.54) is 39.2 Å². The summed E-state index contributed by atoms with van der Waals surface area (Å²) < 4.78 is 54.3. The summed E-state index contributed by atoms with van der Waals surface area (Å²) in [4.78, 5) is 0. The maximum absolute atomic E-state index is 13.9. The van der Waals surface area contributed by atoms with Crippen molar-refractivity contribution < 1.29 is 21.9 Å². The molecule has 126 valence electrons. The molecule has 0 heterocycles. The van der Waals surface area contributed by atoms with Gasteiger partial charge in [-0.3, -0.25) is 0 Å². The van der Waals surface area contributed by atoms with Crippen molar-refractivity contribution in [3.8, 4) is 0 Å². The van der Waals surface area contributed by atoms with E-state index in [4.69, 9.17) is 5.14 Å². The van der Waals surface area contributed by atoms with Crippen molar-refractivity contribution in [2.45, 2.75) is 43.8 Å². The molecule has 1 atom stereocenters. The molecule has 1 rings (SSSR count). The van der Waals surface area contributed by atoms with Crippen LogP contribution in [0.4, 0.5) is 8.78 Å². The lowest BCUT2D eigenvalue weighted by molar-refractivity contribution is -0.0698. The minimum Gasteiger partial charge on any atom is -0.378 e. The van der Waals surface area contributed by atoms with E-state index in [9.17, 15) is 17.2 Å². The second-order valence-electron chi connectivity index (χ2n) is 6.17. The monoisotopic (exact) mass is 335 g/mol. The second-order valence-corrected chi connectivity index (χ2v) is 8.37. The van der Waals surface area contributed by atoms with Crippen molar-refractivity contribution >= 4 is 10.0 Å². The van der Waals surface area contributed by atoms with Crippen molar-refractivity contribution in [2.24, 2.45) is 5.14 Å². The van der Waals surface area contributed by atoms with Crippen LogP contribution in [0.5, 0.6) is 0 Å². The summed E-state index contributed by atoms with van der Waals surface area (Å²) in [6.45, 7) is 4.15. The third-order valence-corrected chi connectivity index (χ3v) is 5.48. The smallest absolute Gasteiger partial charge is 0.296 e. The molecular formula is C15H23F2NO3S. The van der Waals surface area contributed by atoms with Crippen molar-refractivity contribution in [1.29, 1.82) is 0 Å². The summed E-state index contributed by atoms with van der Waals surface area (Å²) in [5.41, 5.74) is 0.497. The first-order chi connectivity index (χ1) is 9.90. The van der Waals surface area contributed by atoms with Gasteiger partial charge in [-0.05, 0) is 37.8 Å². The summed E-state index contributed by atoms with van der Waals surface area (Å²) in [5, 5.41) is 5.21. The van der Waals surface area contributed by atoms with Crippen LogP contribution in [0.15, 0.2) is 24.3 Å². The lowest BCUT2D eigenvalue weighted by Crippen LogP contribution is -2.38. The van der Waals surface area contributed by atoms with Crippen LogP contribution in [0, 0.1) is 0 Å². The molecule has 0 radical (unpaired) electrons. The Morgan fingerprint density at radius 3 is 2.41 bits per heavy atom. The van der Waals surface area contributed by atoms with E-state index >= 15 is 0 Å². The number of rotatable bonds is 7. The first-order valence-electron chi connectivity index (χ1n) is 6.90. The third-order valence-electron chi connectivity index (χ3n) is 3.77. The Balaban J connectivity index is 3.04. The molecule has 0 saturated carbocycles. The second kappa shape index (κ2) is 6.60. The van der Waals surface area contributed by atoms with Crippen LogP contribution >= 0.6 is 0 Å². The molecule has 0 aliphatic carbocycles. The van der Waals surface area contributed by atoms with E-state index in [0.29, 0.717) is 5.56 Å². The molecular weight excluding hydrogens is 312 g/mol. The Kier molecular flexibility index (Phi) is 5.70. The highest BCUT2D eigenvalue weighted by molar-refractivity contribution is 7.90. The summed E-state index contributed by atoms with van der Waals surface area (Å²) in [7, 11) is -2.50. The molecule has 0 saturated heterocycles. The summed E-state index contributed by atoms with van der Waals surface area (Å²) in [5.74, 6) is -3.31. The molecule has 0 bridgehead atoms. The minimum absolute atomic E-state index is 0.146. The molecule has 0 aromatic heterocycles. The number of methoxy groups -OCH3 is 1. The van der Waals surface area contributed by atoms with Crippen LogP contribution in [-0.2, 0) is 20.7 Å². The van der Waals surface area contributed by atoms with Gasteiger partial charge < -0.3 is 4.74 Å². The Bertz CT molecular complexity index is 615.